The molecule has 1 atom stereocenters. The van der Waals surface area contributed by atoms with Crippen molar-refractivity contribution in [3.8, 4) is 0 Å². The van der Waals surface area contributed by atoms with E-state index in [-0.39, 0.29) is 5.84 Å². The number of hydrogen-bond acceptors (Lipinski definition) is 4. The Labute approximate surface area is 82.8 Å². The molecule has 0 fully saturated rings. The summed E-state index contributed by atoms with van der Waals surface area (Å²) in [6, 6.07) is -1.04. The summed E-state index contributed by atoms with van der Waals surface area (Å²) >= 11 is 0. The van der Waals surface area contributed by atoms with E-state index in [0.717, 1.165) is 0 Å². The Morgan fingerprint density at radius 3 is 2.50 bits per heavy atom. The number of nitrogens with zero attached hydrogens (tertiary/aromatic N) is 1. The minimum atomic E-state index is -1.13. The van der Waals surface area contributed by atoms with Crippen LogP contribution in [0.1, 0.15) is 26.2 Å². The number of rotatable bonds is 6. The molecule has 0 aliphatic heterocycles. The van der Waals surface area contributed by atoms with Crippen LogP contribution in [-0.2, 0) is 4.79 Å². The maximum Gasteiger partial charge on any atom is 0.329 e. The number of nitrogens with one attached hydrogen (secondary N) is 1. The van der Waals surface area contributed by atoms with Gasteiger partial charge in [0, 0.05) is 0 Å². The molecule has 5 N–H and O–H groups in total. The van der Waals surface area contributed by atoms with E-state index in [4.69, 9.17) is 16.2 Å². The highest BCUT2D eigenvalue weighted by atomic mass is 16.5. The van der Waals surface area contributed by atoms with E-state index in [9.17, 15) is 10.0 Å². The van der Waals surface area contributed by atoms with Crippen LogP contribution in [0.5, 0.6) is 0 Å². The van der Waals surface area contributed by atoms with Gasteiger partial charge in [-0.3, -0.25) is 10.6 Å². The predicted octanol–water partition coefficient (Wildman–Crippen LogP) is 0.257. The number of carboxylic acid groups (broad SMARTS) is 1. The van der Waals surface area contributed by atoms with Gasteiger partial charge in [0.1, 0.15) is 5.84 Å². The first kappa shape index (κ1) is 12.9. The molecule has 14 heavy (non-hydrogen) atoms. The van der Waals surface area contributed by atoms with Crippen molar-refractivity contribution in [2.75, 3.05) is 6.54 Å². The number of nitrogens with two attached hydrogens (primary N) is 1. The van der Waals surface area contributed by atoms with Crippen molar-refractivity contribution in [3.63, 3.8) is 0 Å². The Balaban J connectivity index is 4.15. The van der Waals surface area contributed by atoms with E-state index < -0.39 is 12.0 Å². The lowest BCUT2D eigenvalue weighted by Gasteiger charge is -2.22. The highest BCUT2D eigenvalue weighted by molar-refractivity contribution is 5.82. The minimum absolute atomic E-state index is 0.176. The molecule has 0 saturated carbocycles. The van der Waals surface area contributed by atoms with Crippen molar-refractivity contribution in [2.45, 2.75) is 32.2 Å². The third-order valence-electron chi connectivity index (χ3n) is 1.86. The lowest BCUT2D eigenvalue weighted by Crippen LogP contribution is -2.41. The molecule has 0 radical (unpaired) electrons. The van der Waals surface area contributed by atoms with Crippen molar-refractivity contribution in [2.24, 2.45) is 5.73 Å². The fourth-order valence-electron chi connectivity index (χ4n) is 1.07. The molecule has 0 bridgehead atoms. The number of carboxylic acids is 1. The topological polar surface area (TPSA) is 111 Å². The van der Waals surface area contributed by atoms with Gasteiger partial charge in [-0.1, -0.05) is 0 Å². The highest BCUT2D eigenvalue weighted by Gasteiger charge is 2.24. The maximum atomic E-state index is 10.7. The van der Waals surface area contributed by atoms with Crippen LogP contribution in [-0.4, -0.2) is 39.8 Å². The molecule has 0 aromatic carbocycles. The van der Waals surface area contributed by atoms with Crippen LogP contribution >= 0.6 is 0 Å². The largest absolute Gasteiger partial charge is 0.480 e. The second kappa shape index (κ2) is 6.33. The average molecular weight is 203 g/mol. The number of hydroxylamine groups is 2. The van der Waals surface area contributed by atoms with Gasteiger partial charge in [0.05, 0.1) is 0 Å². The Morgan fingerprint density at radius 2 is 2.14 bits per heavy atom. The van der Waals surface area contributed by atoms with E-state index in [1.807, 2.05) is 0 Å². The maximum absolute atomic E-state index is 10.7. The van der Waals surface area contributed by atoms with Crippen LogP contribution in [0.25, 0.3) is 0 Å². The van der Waals surface area contributed by atoms with Crippen molar-refractivity contribution < 1.29 is 15.1 Å². The quantitative estimate of drug-likeness (QED) is 0.214. The summed E-state index contributed by atoms with van der Waals surface area (Å²) in [4.78, 5) is 10.7. The second-order valence-corrected chi connectivity index (χ2v) is 3.07. The summed E-state index contributed by atoms with van der Waals surface area (Å²) in [6.07, 6.45) is 1.63. The Hall–Kier alpha value is -1.14. The first-order chi connectivity index (χ1) is 6.50. The molecule has 0 aliphatic carbocycles. The Kier molecular flexibility index (Phi) is 5.82. The van der Waals surface area contributed by atoms with Gasteiger partial charge >= 0.3 is 5.97 Å². The van der Waals surface area contributed by atoms with Crippen molar-refractivity contribution >= 4 is 11.8 Å². The standard InChI is InChI=1S/C8H17N3O3/c1-6(10)11(14)7(8(12)13)4-2-3-5-9/h7,10,14H,2-5,9H2,1H3,(H,12,13)/t7-/m0/s1. The third-order valence-corrected chi connectivity index (χ3v) is 1.86. The van der Waals surface area contributed by atoms with Gasteiger partial charge < -0.3 is 10.8 Å². The molecule has 0 rings (SSSR count). The molecule has 0 saturated heterocycles. The number of carbonyl (C=O) groups is 1. The van der Waals surface area contributed by atoms with E-state index in [2.05, 4.69) is 0 Å². The SMILES string of the molecule is CC(=N)N(O)[C@@H](CCCCN)C(=O)O. The van der Waals surface area contributed by atoms with Gasteiger partial charge in [-0.2, -0.15) is 0 Å². The second-order valence-electron chi connectivity index (χ2n) is 3.07. The molecule has 0 amide bonds. The monoisotopic (exact) mass is 203 g/mol. The zero-order chi connectivity index (χ0) is 11.1. The van der Waals surface area contributed by atoms with Gasteiger partial charge in [-0.05, 0) is 32.7 Å². The predicted molar refractivity (Wildman–Crippen MR) is 51.4 cm³/mol. The molecule has 6 nitrogen and oxygen atoms in total. The van der Waals surface area contributed by atoms with Gasteiger partial charge in [0.25, 0.3) is 0 Å². The summed E-state index contributed by atoms with van der Waals surface area (Å²) in [5.74, 6) is -1.30. The molecular formula is C8H17N3O3. The van der Waals surface area contributed by atoms with Crippen LogP contribution in [0.4, 0.5) is 0 Å². The summed E-state index contributed by atoms with van der Waals surface area (Å²) in [7, 11) is 0. The molecule has 82 valence electrons. The van der Waals surface area contributed by atoms with E-state index in [1.54, 1.807) is 0 Å². The zero-order valence-electron chi connectivity index (χ0n) is 8.23. The van der Waals surface area contributed by atoms with E-state index >= 15 is 0 Å². The molecule has 0 aromatic heterocycles. The van der Waals surface area contributed by atoms with Crippen LogP contribution in [0.3, 0.4) is 0 Å². The molecule has 6 heteroatoms. The highest BCUT2D eigenvalue weighted by Crippen LogP contribution is 2.07. The van der Waals surface area contributed by atoms with Crippen LogP contribution in [0.2, 0.25) is 0 Å². The summed E-state index contributed by atoms with van der Waals surface area (Å²) in [5.41, 5.74) is 5.26. The average Bonchev–Trinajstić information content (AvgIpc) is 2.10. The molecule has 0 heterocycles. The number of aliphatic carboxylic acids is 1. The van der Waals surface area contributed by atoms with Gasteiger partial charge in [0.15, 0.2) is 6.04 Å². The van der Waals surface area contributed by atoms with Crippen molar-refractivity contribution in [1.29, 1.82) is 5.41 Å². The fraction of sp³-hybridized carbons (Fsp3) is 0.750. The molecular weight excluding hydrogens is 186 g/mol. The summed E-state index contributed by atoms with van der Waals surface area (Å²) < 4.78 is 0. The van der Waals surface area contributed by atoms with Crippen LogP contribution < -0.4 is 5.73 Å². The fourth-order valence-corrected chi connectivity index (χ4v) is 1.07. The Bertz CT molecular complexity index is 208. The first-order valence-corrected chi connectivity index (χ1v) is 4.46. The zero-order valence-corrected chi connectivity index (χ0v) is 8.23. The normalized spacial score (nSPS) is 12.2. The number of unbranched alkanes of at least 4 members (excludes halogenated alkanes) is 1. The minimum Gasteiger partial charge on any atom is -0.480 e. The smallest absolute Gasteiger partial charge is 0.329 e. The van der Waals surface area contributed by atoms with Crippen molar-refractivity contribution in [3.05, 3.63) is 0 Å². The number of hydrogen-bond donors (Lipinski definition) is 4. The van der Waals surface area contributed by atoms with Gasteiger partial charge in [-0.25, -0.2) is 9.86 Å². The van der Waals surface area contributed by atoms with Crippen LogP contribution in [0, 0.1) is 5.41 Å². The Morgan fingerprint density at radius 1 is 1.57 bits per heavy atom. The molecule has 0 aliphatic rings. The number of amidine groups is 1. The van der Waals surface area contributed by atoms with Crippen molar-refractivity contribution in [1.82, 2.24) is 5.06 Å². The molecule has 0 aromatic rings. The van der Waals surface area contributed by atoms with Gasteiger partial charge in [-0.15, -0.1) is 0 Å². The molecule has 0 spiro atoms. The third kappa shape index (κ3) is 4.20. The lowest BCUT2D eigenvalue weighted by molar-refractivity contribution is -0.154. The first-order valence-electron chi connectivity index (χ1n) is 4.46. The van der Waals surface area contributed by atoms with Crippen LogP contribution in [0.15, 0.2) is 0 Å². The van der Waals surface area contributed by atoms with E-state index in [0.29, 0.717) is 30.9 Å². The van der Waals surface area contributed by atoms with Gasteiger partial charge in [0.2, 0.25) is 0 Å². The lowest BCUT2D eigenvalue weighted by atomic mass is 10.1. The molecule has 0 unspecified atom stereocenters. The summed E-state index contributed by atoms with van der Waals surface area (Å²) in [6.45, 7) is 1.83. The van der Waals surface area contributed by atoms with E-state index in [1.165, 1.54) is 6.92 Å². The summed E-state index contributed by atoms with van der Waals surface area (Å²) in [5, 5.41) is 25.6.